The average Bonchev–Trinajstić information content (AvgIpc) is 2.15. The average molecular weight is 190 g/mol. The minimum absolute atomic E-state index is 0.829. The second kappa shape index (κ2) is 5.19. The number of hydrogen-bond donors (Lipinski definition) is 0. The van der Waals surface area contributed by atoms with E-state index in [9.17, 15) is 0 Å². The van der Waals surface area contributed by atoms with E-state index in [0.29, 0.717) is 0 Å². The van der Waals surface area contributed by atoms with E-state index in [-0.39, 0.29) is 0 Å². The van der Waals surface area contributed by atoms with Gasteiger partial charge in [0.2, 0.25) is 0 Å². The van der Waals surface area contributed by atoms with Gasteiger partial charge < -0.3 is 0 Å². The predicted octanol–water partition coefficient (Wildman–Crippen LogP) is 4.50. The highest BCUT2D eigenvalue weighted by Crippen LogP contribution is 2.33. The first kappa shape index (κ1) is 11.3. The molecule has 0 aliphatic heterocycles. The summed E-state index contributed by atoms with van der Waals surface area (Å²) >= 11 is 0. The molecule has 0 saturated carbocycles. The lowest BCUT2D eigenvalue weighted by atomic mass is 9.78. The standard InChI is InChI=1S/C14H22/c1-5-6-7-13-8-9-14(11(2)3)10-12(13)4/h5-7,11,14H,1,8-10H2,2-4H3/b7-6-. The summed E-state index contributed by atoms with van der Waals surface area (Å²) in [4.78, 5) is 0. The zero-order valence-corrected chi connectivity index (χ0v) is 9.72. The lowest BCUT2D eigenvalue weighted by Crippen LogP contribution is -2.14. The lowest BCUT2D eigenvalue weighted by Gasteiger charge is -2.27. The molecule has 0 fully saturated rings. The van der Waals surface area contributed by atoms with Gasteiger partial charge in [0.05, 0.1) is 0 Å². The van der Waals surface area contributed by atoms with Crippen LogP contribution in [0.2, 0.25) is 0 Å². The highest BCUT2D eigenvalue weighted by molar-refractivity contribution is 5.28. The van der Waals surface area contributed by atoms with E-state index in [1.807, 2.05) is 6.08 Å². The van der Waals surface area contributed by atoms with Gasteiger partial charge in [-0.3, -0.25) is 0 Å². The van der Waals surface area contributed by atoms with E-state index in [1.54, 1.807) is 5.57 Å². The fraction of sp³-hybridized carbons (Fsp3) is 0.571. The van der Waals surface area contributed by atoms with Gasteiger partial charge in [-0.1, -0.05) is 44.2 Å². The molecule has 0 bridgehead atoms. The maximum Gasteiger partial charge on any atom is -0.0277 e. The van der Waals surface area contributed by atoms with E-state index in [1.165, 1.54) is 24.8 Å². The summed E-state index contributed by atoms with van der Waals surface area (Å²) in [7, 11) is 0. The molecule has 14 heavy (non-hydrogen) atoms. The topological polar surface area (TPSA) is 0 Å². The van der Waals surface area contributed by atoms with Crippen molar-refractivity contribution in [1.82, 2.24) is 0 Å². The molecule has 0 N–H and O–H groups in total. The lowest BCUT2D eigenvalue weighted by molar-refractivity contribution is 0.343. The van der Waals surface area contributed by atoms with Crippen LogP contribution in [0.25, 0.3) is 0 Å². The summed E-state index contributed by atoms with van der Waals surface area (Å²) in [5.41, 5.74) is 3.11. The molecule has 0 aromatic carbocycles. The number of allylic oxidation sites excluding steroid dienone is 5. The van der Waals surface area contributed by atoms with Crippen LogP contribution in [-0.4, -0.2) is 0 Å². The van der Waals surface area contributed by atoms with Gasteiger partial charge in [0, 0.05) is 0 Å². The first-order valence-electron chi connectivity index (χ1n) is 5.63. The molecule has 1 atom stereocenters. The Morgan fingerprint density at radius 2 is 2.14 bits per heavy atom. The van der Waals surface area contributed by atoms with Crippen molar-refractivity contribution in [2.45, 2.75) is 40.0 Å². The fourth-order valence-electron chi connectivity index (χ4n) is 2.16. The molecule has 0 heterocycles. The molecule has 0 spiro atoms. The molecule has 1 rings (SSSR count). The summed E-state index contributed by atoms with van der Waals surface area (Å²) in [6.45, 7) is 10.7. The van der Waals surface area contributed by atoms with Gasteiger partial charge in [-0.05, 0) is 43.6 Å². The summed E-state index contributed by atoms with van der Waals surface area (Å²) in [5, 5.41) is 0. The van der Waals surface area contributed by atoms with Crippen molar-refractivity contribution in [3.8, 4) is 0 Å². The van der Waals surface area contributed by atoms with Gasteiger partial charge in [-0.25, -0.2) is 0 Å². The highest BCUT2D eigenvalue weighted by atomic mass is 14.2. The Balaban J connectivity index is 2.67. The first-order valence-corrected chi connectivity index (χ1v) is 5.63. The molecule has 0 aromatic heterocycles. The van der Waals surface area contributed by atoms with Crippen LogP contribution in [0.3, 0.4) is 0 Å². The van der Waals surface area contributed by atoms with Crippen LogP contribution in [-0.2, 0) is 0 Å². The molecule has 0 nitrogen and oxygen atoms in total. The SMILES string of the molecule is C=C/C=C\C1=C(C)CC(C(C)C)CC1. The predicted molar refractivity (Wildman–Crippen MR) is 64.2 cm³/mol. The Morgan fingerprint density at radius 3 is 2.64 bits per heavy atom. The van der Waals surface area contributed by atoms with Gasteiger partial charge >= 0.3 is 0 Å². The number of rotatable bonds is 3. The Hall–Kier alpha value is -0.780. The third kappa shape index (κ3) is 2.87. The Morgan fingerprint density at radius 1 is 1.43 bits per heavy atom. The molecule has 78 valence electrons. The Labute approximate surface area is 88.4 Å². The molecule has 0 radical (unpaired) electrons. The van der Waals surface area contributed by atoms with Crippen LogP contribution < -0.4 is 0 Å². The summed E-state index contributed by atoms with van der Waals surface area (Å²) in [6.07, 6.45) is 10.0. The highest BCUT2D eigenvalue weighted by Gasteiger charge is 2.19. The normalized spacial score (nSPS) is 23.6. The summed E-state index contributed by atoms with van der Waals surface area (Å²) < 4.78 is 0. The molecule has 0 aromatic rings. The second-order valence-corrected chi connectivity index (χ2v) is 4.65. The Kier molecular flexibility index (Phi) is 4.19. The molecule has 0 saturated heterocycles. The minimum atomic E-state index is 0.829. The Bertz CT molecular complexity index is 253. The summed E-state index contributed by atoms with van der Waals surface area (Å²) in [5.74, 6) is 1.73. The molecule has 0 heteroatoms. The van der Waals surface area contributed by atoms with Gasteiger partial charge in [-0.2, -0.15) is 0 Å². The molecule has 1 unspecified atom stereocenters. The zero-order valence-electron chi connectivity index (χ0n) is 9.72. The van der Waals surface area contributed by atoms with Crippen molar-refractivity contribution in [2.24, 2.45) is 11.8 Å². The molecule has 1 aliphatic rings. The van der Waals surface area contributed by atoms with Crippen LogP contribution in [0.1, 0.15) is 40.0 Å². The van der Waals surface area contributed by atoms with Crippen LogP contribution in [0.4, 0.5) is 0 Å². The largest absolute Gasteiger partial charge is 0.0991 e. The van der Waals surface area contributed by atoms with E-state index in [4.69, 9.17) is 0 Å². The van der Waals surface area contributed by atoms with Crippen molar-refractivity contribution in [2.75, 3.05) is 0 Å². The molecular formula is C14H22. The van der Waals surface area contributed by atoms with Crippen LogP contribution in [0.15, 0.2) is 36.0 Å². The molecule has 1 aliphatic carbocycles. The maximum absolute atomic E-state index is 3.70. The van der Waals surface area contributed by atoms with Crippen molar-refractivity contribution in [3.05, 3.63) is 36.0 Å². The van der Waals surface area contributed by atoms with E-state index < -0.39 is 0 Å². The van der Waals surface area contributed by atoms with Crippen LogP contribution in [0, 0.1) is 11.8 Å². The van der Waals surface area contributed by atoms with E-state index >= 15 is 0 Å². The van der Waals surface area contributed by atoms with Crippen molar-refractivity contribution in [3.63, 3.8) is 0 Å². The van der Waals surface area contributed by atoms with E-state index in [0.717, 1.165) is 11.8 Å². The van der Waals surface area contributed by atoms with E-state index in [2.05, 4.69) is 39.5 Å². The quantitative estimate of drug-likeness (QED) is 0.575. The smallest absolute Gasteiger partial charge is 0.0277 e. The first-order chi connectivity index (χ1) is 6.65. The monoisotopic (exact) mass is 190 g/mol. The van der Waals surface area contributed by atoms with Crippen molar-refractivity contribution in [1.29, 1.82) is 0 Å². The van der Waals surface area contributed by atoms with Crippen LogP contribution in [0.5, 0.6) is 0 Å². The van der Waals surface area contributed by atoms with Gasteiger partial charge in [0.15, 0.2) is 0 Å². The molecular weight excluding hydrogens is 168 g/mol. The maximum atomic E-state index is 3.70. The second-order valence-electron chi connectivity index (χ2n) is 4.65. The third-order valence-corrected chi connectivity index (χ3v) is 3.28. The van der Waals surface area contributed by atoms with Gasteiger partial charge in [0.1, 0.15) is 0 Å². The van der Waals surface area contributed by atoms with Gasteiger partial charge in [0.25, 0.3) is 0 Å². The van der Waals surface area contributed by atoms with Crippen molar-refractivity contribution < 1.29 is 0 Å². The molecule has 0 amide bonds. The summed E-state index contributed by atoms with van der Waals surface area (Å²) in [6, 6.07) is 0. The van der Waals surface area contributed by atoms with Gasteiger partial charge in [-0.15, -0.1) is 0 Å². The number of hydrogen-bond acceptors (Lipinski definition) is 0. The minimum Gasteiger partial charge on any atom is -0.0991 e. The fourth-order valence-corrected chi connectivity index (χ4v) is 2.16. The van der Waals surface area contributed by atoms with Crippen molar-refractivity contribution >= 4 is 0 Å². The zero-order chi connectivity index (χ0) is 10.6. The van der Waals surface area contributed by atoms with Crippen LogP contribution >= 0.6 is 0 Å². The third-order valence-electron chi connectivity index (χ3n) is 3.28.